The van der Waals surface area contributed by atoms with Crippen molar-refractivity contribution in [2.24, 2.45) is 5.84 Å². The molecule has 0 spiro atoms. The van der Waals surface area contributed by atoms with Crippen LogP contribution in [0.2, 0.25) is 5.02 Å². The molecule has 2 aromatic rings. The molecule has 5 heteroatoms. The van der Waals surface area contributed by atoms with Gasteiger partial charge in [0.1, 0.15) is 5.82 Å². The molecule has 1 atom stereocenters. The van der Waals surface area contributed by atoms with Crippen LogP contribution in [0.25, 0.3) is 0 Å². The van der Waals surface area contributed by atoms with Gasteiger partial charge in [-0.15, -0.1) is 0 Å². The number of hydrogen-bond acceptors (Lipinski definition) is 3. The Labute approximate surface area is 110 Å². The van der Waals surface area contributed by atoms with Gasteiger partial charge in [-0.3, -0.25) is 10.8 Å². The molecule has 3 nitrogen and oxygen atoms in total. The smallest absolute Gasteiger partial charge is 0.126 e. The highest BCUT2D eigenvalue weighted by atomic mass is 35.5. The molecular formula is C13H13ClFN3. The normalized spacial score (nSPS) is 12.4. The first-order chi connectivity index (χ1) is 8.63. The van der Waals surface area contributed by atoms with Gasteiger partial charge in [-0.05, 0) is 36.2 Å². The van der Waals surface area contributed by atoms with Gasteiger partial charge in [0.2, 0.25) is 0 Å². The van der Waals surface area contributed by atoms with Crippen LogP contribution in [0.5, 0.6) is 0 Å². The molecule has 1 aromatic carbocycles. The molecule has 0 bridgehead atoms. The third-order valence-electron chi connectivity index (χ3n) is 2.76. The highest BCUT2D eigenvalue weighted by Gasteiger charge is 2.17. The standard InChI is InChI=1S/C13H13ClFN3/c1-8-4-5-9(7-11(8)15)12(18-16)13-10(14)3-2-6-17-13/h2-7,12,18H,16H2,1H3. The molecule has 1 heterocycles. The van der Waals surface area contributed by atoms with E-state index in [9.17, 15) is 4.39 Å². The van der Waals surface area contributed by atoms with Gasteiger partial charge in [-0.25, -0.2) is 9.82 Å². The average molecular weight is 266 g/mol. The maximum atomic E-state index is 13.6. The Hall–Kier alpha value is -1.49. The molecule has 0 fully saturated rings. The topological polar surface area (TPSA) is 50.9 Å². The maximum absolute atomic E-state index is 13.6. The lowest BCUT2D eigenvalue weighted by atomic mass is 10.0. The van der Waals surface area contributed by atoms with E-state index in [1.165, 1.54) is 6.07 Å². The van der Waals surface area contributed by atoms with Gasteiger partial charge in [0.05, 0.1) is 16.8 Å². The van der Waals surface area contributed by atoms with Crippen molar-refractivity contribution in [3.8, 4) is 0 Å². The predicted octanol–water partition coefficient (Wildman–Crippen LogP) is 2.74. The molecule has 0 aliphatic carbocycles. The van der Waals surface area contributed by atoms with Crippen LogP contribution in [0.3, 0.4) is 0 Å². The minimum Gasteiger partial charge on any atom is -0.271 e. The summed E-state index contributed by atoms with van der Waals surface area (Å²) in [5, 5.41) is 0.487. The molecule has 0 aliphatic heterocycles. The molecular weight excluding hydrogens is 253 g/mol. The summed E-state index contributed by atoms with van der Waals surface area (Å²) in [5.74, 6) is 5.24. The maximum Gasteiger partial charge on any atom is 0.126 e. The van der Waals surface area contributed by atoms with Crippen molar-refractivity contribution in [2.45, 2.75) is 13.0 Å². The summed E-state index contributed by atoms with van der Waals surface area (Å²) in [6.45, 7) is 1.71. The Balaban J connectivity index is 2.45. The van der Waals surface area contributed by atoms with E-state index in [1.807, 2.05) is 0 Å². The number of nitrogens with two attached hydrogens (primary N) is 1. The summed E-state index contributed by atoms with van der Waals surface area (Å²) in [5.41, 5.74) is 4.45. The molecule has 0 amide bonds. The first kappa shape index (κ1) is 13.0. The molecule has 1 aromatic heterocycles. The Morgan fingerprint density at radius 2 is 2.17 bits per heavy atom. The summed E-state index contributed by atoms with van der Waals surface area (Å²) >= 11 is 6.07. The molecule has 0 aliphatic rings. The van der Waals surface area contributed by atoms with Crippen molar-refractivity contribution in [3.05, 3.63) is 64.2 Å². The van der Waals surface area contributed by atoms with E-state index >= 15 is 0 Å². The minimum atomic E-state index is -0.436. The van der Waals surface area contributed by atoms with Crippen LogP contribution in [-0.4, -0.2) is 4.98 Å². The zero-order chi connectivity index (χ0) is 13.1. The highest BCUT2D eigenvalue weighted by Crippen LogP contribution is 2.26. The molecule has 0 saturated carbocycles. The lowest BCUT2D eigenvalue weighted by Crippen LogP contribution is -2.29. The van der Waals surface area contributed by atoms with Gasteiger partial charge in [0.25, 0.3) is 0 Å². The molecule has 18 heavy (non-hydrogen) atoms. The van der Waals surface area contributed by atoms with Gasteiger partial charge in [0, 0.05) is 6.20 Å². The molecule has 0 radical (unpaired) electrons. The lowest BCUT2D eigenvalue weighted by molar-refractivity contribution is 0.593. The highest BCUT2D eigenvalue weighted by molar-refractivity contribution is 6.31. The van der Waals surface area contributed by atoms with Crippen molar-refractivity contribution < 1.29 is 4.39 Å². The Morgan fingerprint density at radius 1 is 1.39 bits per heavy atom. The second-order valence-electron chi connectivity index (χ2n) is 3.98. The van der Waals surface area contributed by atoms with E-state index in [2.05, 4.69) is 10.4 Å². The number of hydrazine groups is 1. The van der Waals surface area contributed by atoms with E-state index in [1.54, 1.807) is 37.4 Å². The number of halogens is 2. The molecule has 3 N–H and O–H groups in total. The van der Waals surface area contributed by atoms with Crippen LogP contribution in [0.1, 0.15) is 22.9 Å². The summed E-state index contributed by atoms with van der Waals surface area (Å²) < 4.78 is 13.6. The third-order valence-corrected chi connectivity index (χ3v) is 3.08. The van der Waals surface area contributed by atoms with E-state index in [-0.39, 0.29) is 5.82 Å². The van der Waals surface area contributed by atoms with Crippen LogP contribution in [0.15, 0.2) is 36.5 Å². The number of rotatable bonds is 3. The van der Waals surface area contributed by atoms with E-state index < -0.39 is 6.04 Å². The van der Waals surface area contributed by atoms with E-state index in [0.29, 0.717) is 21.8 Å². The van der Waals surface area contributed by atoms with Gasteiger partial charge < -0.3 is 0 Å². The fraction of sp³-hybridized carbons (Fsp3) is 0.154. The number of aromatic nitrogens is 1. The quantitative estimate of drug-likeness (QED) is 0.663. The predicted molar refractivity (Wildman–Crippen MR) is 69.6 cm³/mol. The minimum absolute atomic E-state index is 0.278. The Kier molecular flexibility index (Phi) is 3.91. The first-order valence-corrected chi connectivity index (χ1v) is 5.84. The summed E-state index contributed by atoms with van der Waals surface area (Å²) in [6.07, 6.45) is 1.62. The van der Waals surface area contributed by atoms with Crippen molar-refractivity contribution in [2.75, 3.05) is 0 Å². The van der Waals surface area contributed by atoms with E-state index in [0.717, 1.165) is 0 Å². The first-order valence-electron chi connectivity index (χ1n) is 5.46. The lowest BCUT2D eigenvalue weighted by Gasteiger charge is -2.17. The van der Waals surface area contributed by atoms with Crippen LogP contribution in [0.4, 0.5) is 4.39 Å². The SMILES string of the molecule is Cc1ccc(C(NN)c2ncccc2Cl)cc1F. The summed E-state index contributed by atoms with van der Waals surface area (Å²) in [6, 6.07) is 7.95. The fourth-order valence-corrected chi connectivity index (χ4v) is 1.96. The zero-order valence-electron chi connectivity index (χ0n) is 9.82. The number of nitrogens with one attached hydrogen (secondary N) is 1. The monoisotopic (exact) mass is 265 g/mol. The summed E-state index contributed by atoms with van der Waals surface area (Å²) in [7, 11) is 0. The molecule has 2 rings (SSSR count). The van der Waals surface area contributed by atoms with Crippen molar-refractivity contribution >= 4 is 11.6 Å². The van der Waals surface area contributed by atoms with E-state index in [4.69, 9.17) is 17.4 Å². The number of benzene rings is 1. The van der Waals surface area contributed by atoms with Gasteiger partial charge >= 0.3 is 0 Å². The average Bonchev–Trinajstić information content (AvgIpc) is 2.37. The largest absolute Gasteiger partial charge is 0.271 e. The van der Waals surface area contributed by atoms with Crippen LogP contribution < -0.4 is 11.3 Å². The molecule has 1 unspecified atom stereocenters. The number of hydrogen-bond donors (Lipinski definition) is 2. The Morgan fingerprint density at radius 3 is 2.78 bits per heavy atom. The second-order valence-corrected chi connectivity index (χ2v) is 4.39. The Bertz CT molecular complexity index is 560. The number of nitrogens with zero attached hydrogens (tertiary/aromatic N) is 1. The number of pyridine rings is 1. The van der Waals surface area contributed by atoms with Crippen molar-refractivity contribution in [3.63, 3.8) is 0 Å². The van der Waals surface area contributed by atoms with Crippen molar-refractivity contribution in [1.82, 2.24) is 10.4 Å². The van der Waals surface area contributed by atoms with Crippen LogP contribution in [0, 0.1) is 12.7 Å². The van der Waals surface area contributed by atoms with Crippen LogP contribution >= 0.6 is 11.6 Å². The fourth-order valence-electron chi connectivity index (χ4n) is 1.73. The van der Waals surface area contributed by atoms with Gasteiger partial charge in [-0.2, -0.15) is 0 Å². The van der Waals surface area contributed by atoms with Crippen molar-refractivity contribution in [1.29, 1.82) is 0 Å². The molecule has 94 valence electrons. The van der Waals surface area contributed by atoms with Gasteiger partial charge in [-0.1, -0.05) is 23.7 Å². The third kappa shape index (κ3) is 2.51. The molecule has 0 saturated heterocycles. The van der Waals surface area contributed by atoms with Crippen LogP contribution in [-0.2, 0) is 0 Å². The zero-order valence-corrected chi connectivity index (χ0v) is 10.6. The second kappa shape index (κ2) is 5.44. The summed E-state index contributed by atoms with van der Waals surface area (Å²) in [4.78, 5) is 4.18. The number of aryl methyl sites for hydroxylation is 1. The van der Waals surface area contributed by atoms with Gasteiger partial charge in [0.15, 0.2) is 0 Å².